The van der Waals surface area contributed by atoms with Gasteiger partial charge in [-0.1, -0.05) is 0 Å². The number of amides is 1. The molecule has 0 atom stereocenters. The molecule has 6 heteroatoms. The summed E-state index contributed by atoms with van der Waals surface area (Å²) in [7, 11) is 0. The second kappa shape index (κ2) is 6.39. The molecule has 1 amide bonds. The largest absolute Gasteiger partial charge is 0.434 e. The molecule has 2 rings (SSSR count). The molecule has 0 heterocycles. The maximum atomic E-state index is 12.5. The fourth-order valence-electron chi connectivity index (χ4n) is 2.46. The summed E-state index contributed by atoms with van der Waals surface area (Å²) in [6, 6.07) is 3.29. The van der Waals surface area contributed by atoms with Crippen molar-refractivity contribution < 1.29 is 23.4 Å². The number of nitrogens with zero attached hydrogens (tertiary/aromatic N) is 1. The molecule has 1 saturated carbocycles. The van der Waals surface area contributed by atoms with Crippen LogP contribution < -0.4 is 4.74 Å². The zero-order valence-electron chi connectivity index (χ0n) is 12.1. The lowest BCUT2D eigenvalue weighted by Gasteiger charge is -2.22. The molecular formula is C15H19F2NO3. The number of aryl methyl sites for hydroxylation is 2. The Morgan fingerprint density at radius 1 is 1.38 bits per heavy atom. The average molecular weight is 299 g/mol. The number of rotatable bonds is 6. The molecule has 4 nitrogen and oxygen atoms in total. The van der Waals surface area contributed by atoms with Crippen LogP contribution in [-0.2, 0) is 0 Å². The predicted molar refractivity (Wildman–Crippen MR) is 73.7 cm³/mol. The number of hydrogen-bond donors (Lipinski definition) is 1. The number of halogens is 2. The van der Waals surface area contributed by atoms with Gasteiger partial charge in [0.05, 0.1) is 6.61 Å². The molecule has 1 fully saturated rings. The molecule has 0 spiro atoms. The summed E-state index contributed by atoms with van der Waals surface area (Å²) in [6.45, 7) is 0.578. The standard InChI is InChI=1S/C15H19F2NO3/c1-9-7-11(8-10(2)13(9)21-15(16)17)14(20)18(5-6-19)12-3-4-12/h7-8,12,15,19H,3-6H2,1-2H3. The molecule has 21 heavy (non-hydrogen) atoms. The van der Waals surface area contributed by atoms with Crippen molar-refractivity contribution in [1.29, 1.82) is 0 Å². The number of hydrogen-bond acceptors (Lipinski definition) is 3. The number of carbonyl (C=O) groups excluding carboxylic acids is 1. The molecule has 1 aromatic carbocycles. The van der Waals surface area contributed by atoms with Crippen LogP contribution in [0.5, 0.6) is 5.75 Å². The highest BCUT2D eigenvalue weighted by molar-refractivity contribution is 5.95. The zero-order chi connectivity index (χ0) is 15.6. The van der Waals surface area contributed by atoms with Crippen LogP contribution in [0.4, 0.5) is 8.78 Å². The van der Waals surface area contributed by atoms with Gasteiger partial charge in [-0.2, -0.15) is 8.78 Å². The lowest BCUT2D eigenvalue weighted by molar-refractivity contribution is -0.0507. The van der Waals surface area contributed by atoms with Crippen LogP contribution in [0, 0.1) is 13.8 Å². The molecule has 1 aromatic rings. The summed E-state index contributed by atoms with van der Waals surface area (Å²) in [5.74, 6) is -0.0666. The van der Waals surface area contributed by atoms with E-state index in [1.54, 1.807) is 30.9 Å². The van der Waals surface area contributed by atoms with Gasteiger partial charge in [0.15, 0.2) is 0 Å². The Kier molecular flexibility index (Phi) is 4.77. The highest BCUT2D eigenvalue weighted by atomic mass is 19.3. The van der Waals surface area contributed by atoms with Gasteiger partial charge in [-0.3, -0.25) is 4.79 Å². The summed E-state index contributed by atoms with van der Waals surface area (Å²) in [6.07, 6.45) is 1.88. The lowest BCUT2D eigenvalue weighted by atomic mass is 10.0. The van der Waals surface area contributed by atoms with Gasteiger partial charge in [-0.25, -0.2) is 0 Å². The minimum Gasteiger partial charge on any atom is -0.434 e. The number of carbonyl (C=O) groups is 1. The van der Waals surface area contributed by atoms with Gasteiger partial charge < -0.3 is 14.7 Å². The Bertz CT molecular complexity index is 507. The van der Waals surface area contributed by atoms with Gasteiger partial charge in [-0.05, 0) is 49.9 Å². The molecular weight excluding hydrogens is 280 g/mol. The Labute approximate surface area is 122 Å². The minimum atomic E-state index is -2.89. The quantitative estimate of drug-likeness (QED) is 0.878. The van der Waals surface area contributed by atoms with Gasteiger partial charge in [0.25, 0.3) is 5.91 Å². The smallest absolute Gasteiger partial charge is 0.387 e. The third kappa shape index (κ3) is 3.69. The molecule has 0 unspecified atom stereocenters. The van der Waals surface area contributed by atoms with Crippen LogP contribution >= 0.6 is 0 Å². The van der Waals surface area contributed by atoms with Crippen molar-refractivity contribution in [2.75, 3.05) is 13.2 Å². The molecule has 0 bridgehead atoms. The van der Waals surface area contributed by atoms with Gasteiger partial charge in [0, 0.05) is 18.2 Å². The first kappa shape index (κ1) is 15.7. The van der Waals surface area contributed by atoms with E-state index in [-0.39, 0.29) is 30.9 Å². The van der Waals surface area contributed by atoms with Gasteiger partial charge >= 0.3 is 6.61 Å². The summed E-state index contributed by atoms with van der Waals surface area (Å²) in [5, 5.41) is 9.06. The van der Waals surface area contributed by atoms with E-state index in [1.165, 1.54) is 0 Å². The van der Waals surface area contributed by atoms with Crippen LogP contribution in [-0.4, -0.2) is 41.7 Å². The van der Waals surface area contributed by atoms with Crippen molar-refractivity contribution in [3.63, 3.8) is 0 Å². The number of alkyl halides is 2. The maximum absolute atomic E-state index is 12.5. The Morgan fingerprint density at radius 2 is 1.95 bits per heavy atom. The maximum Gasteiger partial charge on any atom is 0.387 e. The number of benzene rings is 1. The normalized spacial score (nSPS) is 14.4. The van der Waals surface area contributed by atoms with Crippen molar-refractivity contribution in [1.82, 2.24) is 4.90 Å². The van der Waals surface area contributed by atoms with Gasteiger partial charge in [-0.15, -0.1) is 0 Å². The first-order valence-electron chi connectivity index (χ1n) is 6.92. The van der Waals surface area contributed by atoms with Crippen molar-refractivity contribution in [3.05, 3.63) is 28.8 Å². The molecule has 0 radical (unpaired) electrons. The van der Waals surface area contributed by atoms with Crippen molar-refractivity contribution in [2.45, 2.75) is 39.3 Å². The number of aliphatic hydroxyl groups is 1. The highest BCUT2D eigenvalue weighted by Crippen LogP contribution is 2.30. The topological polar surface area (TPSA) is 49.8 Å². The number of aliphatic hydroxyl groups excluding tert-OH is 1. The summed E-state index contributed by atoms with van der Waals surface area (Å²) < 4.78 is 29.2. The summed E-state index contributed by atoms with van der Waals surface area (Å²) >= 11 is 0. The monoisotopic (exact) mass is 299 g/mol. The second-order valence-electron chi connectivity index (χ2n) is 5.27. The van der Waals surface area contributed by atoms with Crippen molar-refractivity contribution >= 4 is 5.91 Å². The van der Waals surface area contributed by atoms with Crippen LogP contribution in [0.25, 0.3) is 0 Å². The van der Waals surface area contributed by atoms with Gasteiger partial charge in [0.2, 0.25) is 0 Å². The first-order valence-corrected chi connectivity index (χ1v) is 6.92. The third-order valence-electron chi connectivity index (χ3n) is 3.50. The van der Waals surface area contributed by atoms with Crippen LogP contribution in [0.1, 0.15) is 34.3 Å². The molecule has 116 valence electrons. The van der Waals surface area contributed by atoms with Gasteiger partial charge in [0.1, 0.15) is 5.75 Å². The molecule has 1 aliphatic rings. The van der Waals surface area contributed by atoms with Crippen molar-refractivity contribution in [2.24, 2.45) is 0 Å². The number of ether oxygens (including phenoxy) is 1. The Morgan fingerprint density at radius 3 is 2.38 bits per heavy atom. The van der Waals surface area contributed by atoms with E-state index in [0.717, 1.165) is 12.8 Å². The molecule has 1 aliphatic carbocycles. The predicted octanol–water partition coefficient (Wildman–Crippen LogP) is 2.50. The van der Waals surface area contributed by atoms with E-state index in [2.05, 4.69) is 4.74 Å². The van der Waals surface area contributed by atoms with Crippen LogP contribution in [0.3, 0.4) is 0 Å². The average Bonchev–Trinajstić information content (AvgIpc) is 3.23. The molecule has 0 aromatic heterocycles. The summed E-state index contributed by atoms with van der Waals surface area (Å²) in [4.78, 5) is 14.1. The SMILES string of the molecule is Cc1cc(C(=O)N(CCO)C2CC2)cc(C)c1OC(F)F. The van der Waals surface area contributed by atoms with E-state index in [9.17, 15) is 13.6 Å². The molecule has 0 aliphatic heterocycles. The lowest BCUT2D eigenvalue weighted by Crippen LogP contribution is -2.35. The van der Waals surface area contributed by atoms with E-state index >= 15 is 0 Å². The van der Waals surface area contributed by atoms with Crippen LogP contribution in [0.15, 0.2) is 12.1 Å². The Hall–Kier alpha value is -1.69. The van der Waals surface area contributed by atoms with E-state index in [0.29, 0.717) is 16.7 Å². The third-order valence-corrected chi connectivity index (χ3v) is 3.50. The Balaban J connectivity index is 2.25. The van der Waals surface area contributed by atoms with E-state index in [4.69, 9.17) is 5.11 Å². The second-order valence-corrected chi connectivity index (χ2v) is 5.27. The highest BCUT2D eigenvalue weighted by Gasteiger charge is 2.32. The van der Waals surface area contributed by atoms with Crippen molar-refractivity contribution in [3.8, 4) is 5.75 Å². The fourth-order valence-corrected chi connectivity index (χ4v) is 2.46. The summed E-state index contributed by atoms with van der Waals surface area (Å²) in [5.41, 5.74) is 1.43. The molecule has 1 N–H and O–H groups in total. The van der Waals surface area contributed by atoms with E-state index < -0.39 is 6.61 Å². The van der Waals surface area contributed by atoms with E-state index in [1.807, 2.05) is 0 Å². The van der Waals surface area contributed by atoms with Crippen LogP contribution in [0.2, 0.25) is 0 Å². The molecule has 0 saturated heterocycles. The fraction of sp³-hybridized carbons (Fsp3) is 0.533. The zero-order valence-corrected chi connectivity index (χ0v) is 12.1. The first-order chi connectivity index (χ1) is 9.93. The minimum absolute atomic E-state index is 0.0905.